The van der Waals surface area contributed by atoms with E-state index in [1.54, 1.807) is 0 Å². The van der Waals surface area contributed by atoms with Gasteiger partial charge in [0.1, 0.15) is 6.17 Å². The molecule has 6 atom stereocenters. The van der Waals surface area contributed by atoms with Crippen molar-refractivity contribution in [2.24, 2.45) is 29.1 Å². The zero-order chi connectivity index (χ0) is 14.8. The van der Waals surface area contributed by atoms with E-state index in [0.717, 1.165) is 38.5 Å². The predicted molar refractivity (Wildman–Crippen MR) is 79.2 cm³/mol. The molecule has 0 aliphatic heterocycles. The lowest BCUT2D eigenvalue weighted by atomic mass is 9.51. The fraction of sp³-hybridized carbons (Fsp3) is 0.889. The van der Waals surface area contributed by atoms with Gasteiger partial charge in [0, 0.05) is 12.3 Å². The molecule has 0 aromatic carbocycles. The van der Waals surface area contributed by atoms with Crippen LogP contribution in [-0.2, 0) is 0 Å². The van der Waals surface area contributed by atoms with Crippen LogP contribution in [-0.4, -0.2) is 22.2 Å². The third-order valence-corrected chi connectivity index (χ3v) is 7.22. The maximum atomic E-state index is 14.0. The first-order valence-corrected chi connectivity index (χ1v) is 8.68. The molecular formula is C18H27FO2. The zero-order valence-corrected chi connectivity index (χ0v) is 12.9. The Morgan fingerprint density at radius 3 is 2.81 bits per heavy atom. The summed E-state index contributed by atoms with van der Waals surface area (Å²) < 4.78 is 14.0. The Hall–Kier alpha value is -0.410. The molecule has 118 valence electrons. The van der Waals surface area contributed by atoms with E-state index in [9.17, 15) is 14.6 Å². The molecule has 0 radical (unpaired) electrons. The molecule has 0 aromatic heterocycles. The molecule has 4 aliphatic carbocycles. The average Bonchev–Trinajstić information content (AvgIpc) is 2.72. The molecule has 0 spiro atoms. The lowest BCUT2D eigenvalue weighted by Gasteiger charge is -2.55. The van der Waals surface area contributed by atoms with E-state index in [4.69, 9.17) is 0 Å². The lowest BCUT2D eigenvalue weighted by molar-refractivity contribution is -0.225. The smallest absolute Gasteiger partial charge is 0.169 e. The van der Waals surface area contributed by atoms with Crippen LogP contribution in [0.15, 0.2) is 11.6 Å². The van der Waals surface area contributed by atoms with Crippen molar-refractivity contribution in [2.45, 2.75) is 70.2 Å². The van der Waals surface area contributed by atoms with Gasteiger partial charge in [-0.25, -0.2) is 4.39 Å². The normalized spacial score (nSPS) is 51.6. The van der Waals surface area contributed by atoms with Gasteiger partial charge in [0.25, 0.3) is 0 Å². The summed E-state index contributed by atoms with van der Waals surface area (Å²) in [6.07, 6.45) is 8.46. The van der Waals surface area contributed by atoms with Crippen molar-refractivity contribution >= 4 is 0 Å². The van der Waals surface area contributed by atoms with Crippen LogP contribution in [0.5, 0.6) is 0 Å². The van der Waals surface area contributed by atoms with Gasteiger partial charge in [-0.2, -0.15) is 0 Å². The minimum absolute atomic E-state index is 0.0896. The lowest BCUT2D eigenvalue weighted by Crippen LogP contribution is -2.52. The van der Waals surface area contributed by atoms with Crippen molar-refractivity contribution in [2.75, 3.05) is 0 Å². The molecule has 4 rings (SSSR count). The Balaban J connectivity index is 1.67. The summed E-state index contributed by atoms with van der Waals surface area (Å²) in [6, 6.07) is 0. The van der Waals surface area contributed by atoms with Crippen molar-refractivity contribution in [3.8, 4) is 0 Å². The third kappa shape index (κ3) is 2.03. The highest BCUT2D eigenvalue weighted by Crippen LogP contribution is 2.63. The minimum atomic E-state index is -1.53. The molecule has 3 fully saturated rings. The van der Waals surface area contributed by atoms with Gasteiger partial charge in [-0.3, -0.25) is 0 Å². The molecule has 0 amide bonds. The van der Waals surface area contributed by atoms with Gasteiger partial charge >= 0.3 is 0 Å². The van der Waals surface area contributed by atoms with Gasteiger partial charge in [0.15, 0.2) is 5.79 Å². The molecule has 0 saturated heterocycles. The summed E-state index contributed by atoms with van der Waals surface area (Å²) in [5, 5.41) is 21.0. The molecule has 2 N–H and O–H groups in total. The Morgan fingerprint density at radius 2 is 2.00 bits per heavy atom. The summed E-state index contributed by atoms with van der Waals surface area (Å²) in [5.41, 5.74) is 1.43. The number of rotatable bonds is 0. The zero-order valence-electron chi connectivity index (χ0n) is 12.9. The molecular weight excluding hydrogens is 267 g/mol. The second-order valence-electron chi connectivity index (χ2n) is 8.38. The Labute approximate surface area is 126 Å². The van der Waals surface area contributed by atoms with Crippen LogP contribution in [0.1, 0.15) is 58.3 Å². The van der Waals surface area contributed by atoms with Gasteiger partial charge in [0.2, 0.25) is 0 Å². The number of allylic oxidation sites excluding steroid dienone is 1. The number of alkyl halides is 1. The fourth-order valence-electron chi connectivity index (χ4n) is 6.38. The standard InChI is InChI=1S/C18H27FO2/c1-17-8-6-14-13(15(17)9-12(19)10-17)5-4-11-3-2-7-18(20,21)16(11)14/h3,12-16,20-21H,2,4-10H2,1H3/t12-,13-,14+,15+,16+,17-/m1/s1. The molecule has 3 saturated carbocycles. The summed E-state index contributed by atoms with van der Waals surface area (Å²) in [7, 11) is 0. The topological polar surface area (TPSA) is 40.5 Å². The highest BCUT2D eigenvalue weighted by Gasteiger charge is 2.58. The minimum Gasteiger partial charge on any atom is -0.365 e. The number of hydrogen-bond acceptors (Lipinski definition) is 2. The van der Waals surface area contributed by atoms with E-state index in [2.05, 4.69) is 13.0 Å². The van der Waals surface area contributed by atoms with Crippen LogP contribution in [0, 0.1) is 29.1 Å². The first kappa shape index (κ1) is 14.2. The van der Waals surface area contributed by atoms with Crippen molar-refractivity contribution in [1.82, 2.24) is 0 Å². The third-order valence-electron chi connectivity index (χ3n) is 7.22. The van der Waals surface area contributed by atoms with Crippen LogP contribution < -0.4 is 0 Å². The average molecular weight is 294 g/mol. The van der Waals surface area contributed by atoms with Crippen molar-refractivity contribution in [1.29, 1.82) is 0 Å². The van der Waals surface area contributed by atoms with Crippen LogP contribution >= 0.6 is 0 Å². The Morgan fingerprint density at radius 1 is 1.19 bits per heavy atom. The van der Waals surface area contributed by atoms with Crippen LogP contribution in [0.2, 0.25) is 0 Å². The van der Waals surface area contributed by atoms with Crippen molar-refractivity contribution < 1.29 is 14.6 Å². The molecule has 0 bridgehead atoms. The second kappa shape index (κ2) is 4.55. The van der Waals surface area contributed by atoms with E-state index in [1.165, 1.54) is 5.57 Å². The van der Waals surface area contributed by atoms with Crippen LogP contribution in [0.25, 0.3) is 0 Å². The molecule has 0 aromatic rings. The van der Waals surface area contributed by atoms with Gasteiger partial charge < -0.3 is 10.2 Å². The molecule has 3 heteroatoms. The second-order valence-corrected chi connectivity index (χ2v) is 8.38. The van der Waals surface area contributed by atoms with Gasteiger partial charge in [0.05, 0.1) is 0 Å². The highest BCUT2D eigenvalue weighted by atomic mass is 19.1. The highest BCUT2D eigenvalue weighted by molar-refractivity contribution is 5.21. The van der Waals surface area contributed by atoms with Gasteiger partial charge in [-0.1, -0.05) is 18.6 Å². The van der Waals surface area contributed by atoms with Gasteiger partial charge in [-0.05, 0) is 68.1 Å². The monoisotopic (exact) mass is 294 g/mol. The van der Waals surface area contributed by atoms with Crippen molar-refractivity contribution in [3.63, 3.8) is 0 Å². The fourth-order valence-corrected chi connectivity index (χ4v) is 6.38. The van der Waals surface area contributed by atoms with E-state index in [-0.39, 0.29) is 11.3 Å². The number of halogens is 1. The largest absolute Gasteiger partial charge is 0.365 e. The quantitative estimate of drug-likeness (QED) is 0.529. The summed E-state index contributed by atoms with van der Waals surface area (Å²) in [6.45, 7) is 2.27. The molecule has 0 unspecified atom stereocenters. The summed E-state index contributed by atoms with van der Waals surface area (Å²) in [4.78, 5) is 0. The van der Waals surface area contributed by atoms with Crippen molar-refractivity contribution in [3.05, 3.63) is 11.6 Å². The van der Waals surface area contributed by atoms with E-state index < -0.39 is 12.0 Å². The molecule has 0 heterocycles. The van der Waals surface area contributed by atoms with E-state index in [1.807, 2.05) is 0 Å². The predicted octanol–water partition coefficient (Wildman–Crippen LogP) is 3.58. The Kier molecular flexibility index (Phi) is 3.07. The first-order chi connectivity index (χ1) is 9.91. The van der Waals surface area contributed by atoms with Crippen LogP contribution in [0.3, 0.4) is 0 Å². The first-order valence-electron chi connectivity index (χ1n) is 8.68. The maximum absolute atomic E-state index is 14.0. The molecule has 4 aliphatic rings. The molecule has 21 heavy (non-hydrogen) atoms. The molecule has 2 nitrogen and oxygen atoms in total. The number of aliphatic hydroxyl groups is 2. The van der Waals surface area contributed by atoms with E-state index >= 15 is 0 Å². The van der Waals surface area contributed by atoms with E-state index in [0.29, 0.717) is 30.6 Å². The number of fused-ring (bicyclic) bond motifs is 5. The van der Waals surface area contributed by atoms with Gasteiger partial charge in [-0.15, -0.1) is 0 Å². The summed E-state index contributed by atoms with van der Waals surface area (Å²) in [5.74, 6) is -0.333. The summed E-state index contributed by atoms with van der Waals surface area (Å²) >= 11 is 0. The number of hydrogen-bond donors (Lipinski definition) is 2. The SMILES string of the molecule is C[C@]12CC[C@H]3[C@@H](CCC4=CCCC(O)(O)[C@@H]43)[C@@H]1C[C@@H](F)C2. The maximum Gasteiger partial charge on any atom is 0.169 e. The Bertz CT molecular complexity index is 472. The van der Waals surface area contributed by atoms with Crippen LogP contribution in [0.4, 0.5) is 4.39 Å².